The summed E-state index contributed by atoms with van der Waals surface area (Å²) >= 11 is 0. The van der Waals surface area contributed by atoms with E-state index < -0.39 is 0 Å². The van der Waals surface area contributed by atoms with Gasteiger partial charge in [-0.3, -0.25) is 0 Å². The topological polar surface area (TPSA) is 53.7 Å². The minimum Gasteiger partial charge on any atom is -0.395 e. The number of hydrogen-bond donors (Lipinski definition) is 1. The smallest absolute Gasteiger partial charge is 0.157 e. The van der Waals surface area contributed by atoms with Crippen molar-refractivity contribution in [3.05, 3.63) is 24.5 Å². The number of nitrogens with zero attached hydrogens (tertiary/aromatic N) is 4. The third kappa shape index (κ3) is 2.06. The maximum Gasteiger partial charge on any atom is 0.157 e. The Morgan fingerprint density at radius 3 is 2.94 bits per heavy atom. The SMILES string of the molecule is OCCN(c1ccn2nccc2n1)C1CCCC1. The Bertz CT molecular complexity index is 518. The second-order valence-electron chi connectivity index (χ2n) is 4.77. The Morgan fingerprint density at radius 1 is 1.33 bits per heavy atom. The van der Waals surface area contributed by atoms with Crippen LogP contribution < -0.4 is 4.90 Å². The fourth-order valence-electron chi connectivity index (χ4n) is 2.77. The van der Waals surface area contributed by atoms with Crippen molar-refractivity contribution in [3.63, 3.8) is 0 Å². The number of aliphatic hydroxyl groups is 1. The summed E-state index contributed by atoms with van der Waals surface area (Å²) in [5.74, 6) is 0.948. The molecule has 2 aromatic rings. The molecule has 5 heteroatoms. The Morgan fingerprint density at radius 2 is 2.17 bits per heavy atom. The maximum absolute atomic E-state index is 9.24. The molecular formula is C13H18N4O. The highest BCUT2D eigenvalue weighted by Gasteiger charge is 2.23. The minimum atomic E-state index is 0.169. The molecule has 1 saturated carbocycles. The maximum atomic E-state index is 9.24. The fourth-order valence-corrected chi connectivity index (χ4v) is 2.77. The number of hydrogen-bond acceptors (Lipinski definition) is 4. The molecule has 1 fully saturated rings. The van der Waals surface area contributed by atoms with Crippen molar-refractivity contribution < 1.29 is 5.11 Å². The van der Waals surface area contributed by atoms with E-state index in [-0.39, 0.29) is 6.61 Å². The van der Waals surface area contributed by atoms with Crippen LogP contribution in [0.1, 0.15) is 25.7 Å². The highest BCUT2D eigenvalue weighted by atomic mass is 16.3. The van der Waals surface area contributed by atoms with Crippen LogP contribution in [-0.2, 0) is 0 Å². The summed E-state index contributed by atoms with van der Waals surface area (Å²) in [5, 5.41) is 13.4. The van der Waals surface area contributed by atoms with Crippen LogP contribution in [-0.4, -0.2) is 38.9 Å². The summed E-state index contributed by atoms with van der Waals surface area (Å²) in [7, 11) is 0. The lowest BCUT2D eigenvalue weighted by Gasteiger charge is -2.29. The normalized spacial score (nSPS) is 16.5. The van der Waals surface area contributed by atoms with Gasteiger partial charge in [0.1, 0.15) is 5.82 Å². The molecule has 2 heterocycles. The predicted molar refractivity (Wildman–Crippen MR) is 69.7 cm³/mol. The first kappa shape index (κ1) is 11.5. The summed E-state index contributed by atoms with van der Waals surface area (Å²) in [6.45, 7) is 0.824. The van der Waals surface area contributed by atoms with Crippen LogP contribution in [0.3, 0.4) is 0 Å². The molecular weight excluding hydrogens is 228 g/mol. The highest BCUT2D eigenvalue weighted by molar-refractivity contribution is 5.48. The molecule has 1 N–H and O–H groups in total. The third-order valence-corrected chi connectivity index (χ3v) is 3.64. The second-order valence-corrected chi connectivity index (χ2v) is 4.77. The minimum absolute atomic E-state index is 0.169. The number of fused-ring (bicyclic) bond motifs is 1. The van der Waals surface area contributed by atoms with Gasteiger partial charge >= 0.3 is 0 Å². The molecule has 3 rings (SSSR count). The van der Waals surface area contributed by atoms with E-state index in [1.165, 1.54) is 25.7 Å². The Hall–Kier alpha value is -1.62. The second kappa shape index (κ2) is 4.94. The molecule has 0 spiro atoms. The van der Waals surface area contributed by atoms with E-state index in [1.54, 1.807) is 10.7 Å². The van der Waals surface area contributed by atoms with Gasteiger partial charge in [0.2, 0.25) is 0 Å². The van der Waals surface area contributed by atoms with E-state index in [2.05, 4.69) is 15.0 Å². The first-order valence-electron chi connectivity index (χ1n) is 6.56. The molecule has 18 heavy (non-hydrogen) atoms. The van der Waals surface area contributed by atoms with Gasteiger partial charge in [0.15, 0.2) is 5.65 Å². The highest BCUT2D eigenvalue weighted by Crippen LogP contribution is 2.27. The number of aromatic nitrogens is 3. The summed E-state index contributed by atoms with van der Waals surface area (Å²) in [4.78, 5) is 6.85. The van der Waals surface area contributed by atoms with E-state index in [0.717, 1.165) is 11.5 Å². The van der Waals surface area contributed by atoms with Crippen LogP contribution in [0.2, 0.25) is 0 Å². The van der Waals surface area contributed by atoms with Gasteiger partial charge in [-0.2, -0.15) is 5.10 Å². The molecule has 0 bridgehead atoms. The first-order valence-corrected chi connectivity index (χ1v) is 6.56. The standard InChI is InChI=1S/C13H18N4O/c18-10-9-16(11-3-1-2-4-11)12-6-8-17-13(15-12)5-7-14-17/h5-8,11,18H,1-4,9-10H2. The van der Waals surface area contributed by atoms with E-state index in [4.69, 9.17) is 0 Å². The molecule has 2 aromatic heterocycles. The molecule has 0 atom stereocenters. The zero-order valence-corrected chi connectivity index (χ0v) is 10.4. The van der Waals surface area contributed by atoms with Gasteiger partial charge in [0.05, 0.1) is 12.8 Å². The molecule has 1 aliphatic carbocycles. The van der Waals surface area contributed by atoms with Gasteiger partial charge in [-0.1, -0.05) is 12.8 Å². The average molecular weight is 246 g/mol. The van der Waals surface area contributed by atoms with E-state index in [9.17, 15) is 5.11 Å². The van der Waals surface area contributed by atoms with Crippen molar-refractivity contribution >= 4 is 11.5 Å². The van der Waals surface area contributed by atoms with Crippen LogP contribution in [0, 0.1) is 0 Å². The van der Waals surface area contributed by atoms with Gasteiger partial charge in [0, 0.05) is 24.8 Å². The van der Waals surface area contributed by atoms with Crippen LogP contribution >= 0.6 is 0 Å². The van der Waals surface area contributed by atoms with E-state index >= 15 is 0 Å². The quantitative estimate of drug-likeness (QED) is 0.887. The number of anilines is 1. The van der Waals surface area contributed by atoms with Crippen LogP contribution in [0.15, 0.2) is 24.5 Å². The Balaban J connectivity index is 1.92. The third-order valence-electron chi connectivity index (χ3n) is 3.64. The molecule has 0 amide bonds. The van der Waals surface area contributed by atoms with Crippen molar-refractivity contribution in [1.29, 1.82) is 0 Å². The molecule has 0 aliphatic heterocycles. The first-order chi connectivity index (χ1) is 8.88. The van der Waals surface area contributed by atoms with Crippen molar-refractivity contribution in [2.45, 2.75) is 31.7 Å². The zero-order chi connectivity index (χ0) is 12.4. The van der Waals surface area contributed by atoms with Gasteiger partial charge < -0.3 is 10.0 Å². The lowest BCUT2D eigenvalue weighted by Crippen LogP contribution is -2.36. The largest absolute Gasteiger partial charge is 0.395 e. The molecule has 0 radical (unpaired) electrons. The summed E-state index contributed by atoms with van der Waals surface area (Å²) in [6, 6.07) is 4.40. The van der Waals surface area contributed by atoms with Gasteiger partial charge in [-0.25, -0.2) is 9.50 Å². The number of rotatable bonds is 4. The average Bonchev–Trinajstić information content (AvgIpc) is 3.05. The fraction of sp³-hybridized carbons (Fsp3) is 0.538. The summed E-state index contributed by atoms with van der Waals surface area (Å²) in [5.41, 5.74) is 0.855. The van der Waals surface area contributed by atoms with Crippen LogP contribution in [0.5, 0.6) is 0 Å². The molecule has 0 saturated heterocycles. The van der Waals surface area contributed by atoms with Crippen LogP contribution in [0.25, 0.3) is 5.65 Å². The summed E-state index contributed by atoms with van der Waals surface area (Å²) < 4.78 is 1.76. The molecule has 0 aromatic carbocycles. The van der Waals surface area contributed by atoms with E-state index in [1.807, 2.05) is 18.3 Å². The van der Waals surface area contributed by atoms with Crippen molar-refractivity contribution in [3.8, 4) is 0 Å². The lowest BCUT2D eigenvalue weighted by atomic mass is 10.2. The Labute approximate surface area is 106 Å². The molecule has 0 unspecified atom stereocenters. The molecule has 96 valence electrons. The molecule has 5 nitrogen and oxygen atoms in total. The van der Waals surface area contributed by atoms with Crippen LogP contribution in [0.4, 0.5) is 5.82 Å². The molecule has 1 aliphatic rings. The zero-order valence-electron chi connectivity index (χ0n) is 10.4. The monoisotopic (exact) mass is 246 g/mol. The van der Waals surface area contributed by atoms with Crippen molar-refractivity contribution in [1.82, 2.24) is 14.6 Å². The lowest BCUT2D eigenvalue weighted by molar-refractivity contribution is 0.297. The van der Waals surface area contributed by atoms with E-state index in [0.29, 0.717) is 12.6 Å². The predicted octanol–water partition coefficient (Wildman–Crippen LogP) is 1.47. The van der Waals surface area contributed by atoms with Crippen molar-refractivity contribution in [2.75, 3.05) is 18.1 Å². The number of aliphatic hydroxyl groups excluding tert-OH is 1. The van der Waals surface area contributed by atoms with Gasteiger partial charge in [-0.15, -0.1) is 0 Å². The van der Waals surface area contributed by atoms with Gasteiger partial charge in [-0.05, 0) is 18.9 Å². The van der Waals surface area contributed by atoms with Gasteiger partial charge in [0.25, 0.3) is 0 Å². The Kier molecular flexibility index (Phi) is 3.15. The summed E-state index contributed by atoms with van der Waals surface area (Å²) in [6.07, 6.45) is 8.64. The van der Waals surface area contributed by atoms with Crippen molar-refractivity contribution in [2.24, 2.45) is 0 Å².